The topological polar surface area (TPSA) is 72.2 Å². The third-order valence-corrected chi connectivity index (χ3v) is 5.73. The minimum atomic E-state index is -4.04. The molecule has 1 aromatic carbocycles. The second-order valence-electron chi connectivity index (χ2n) is 4.08. The minimum Gasteiger partial charge on any atom is -0.326 e. The molecule has 0 atom stereocenters. The van der Waals surface area contributed by atoms with Gasteiger partial charge >= 0.3 is 0 Å². The molecule has 0 aliphatic rings. The van der Waals surface area contributed by atoms with E-state index in [-0.39, 0.29) is 10.8 Å². The molecule has 2 rings (SSSR count). The second kappa shape index (κ2) is 5.47. The molecule has 20 heavy (non-hydrogen) atoms. The first-order chi connectivity index (χ1) is 9.35. The van der Waals surface area contributed by atoms with Crippen molar-refractivity contribution in [1.29, 1.82) is 0 Å². The molecule has 0 saturated carbocycles. The second-order valence-corrected chi connectivity index (χ2v) is 7.12. The average Bonchev–Trinajstić information content (AvgIpc) is 2.76. The SMILES string of the molecule is Cc1cc(S(=O)(=O)Nc2c(F)cccc2F)sc1CN. The van der Waals surface area contributed by atoms with Gasteiger partial charge in [-0.15, -0.1) is 11.3 Å². The smallest absolute Gasteiger partial charge is 0.271 e. The first kappa shape index (κ1) is 14.9. The van der Waals surface area contributed by atoms with Crippen molar-refractivity contribution in [3.05, 3.63) is 46.3 Å². The van der Waals surface area contributed by atoms with Gasteiger partial charge in [-0.25, -0.2) is 17.2 Å². The molecule has 1 aromatic heterocycles. The van der Waals surface area contributed by atoms with E-state index in [0.29, 0.717) is 4.88 Å². The summed E-state index contributed by atoms with van der Waals surface area (Å²) in [5.74, 6) is -1.94. The normalized spacial score (nSPS) is 11.6. The molecule has 3 N–H and O–H groups in total. The van der Waals surface area contributed by atoms with Crippen LogP contribution in [-0.4, -0.2) is 8.42 Å². The molecule has 2 aromatic rings. The van der Waals surface area contributed by atoms with Crippen molar-refractivity contribution in [2.24, 2.45) is 5.73 Å². The molecule has 108 valence electrons. The summed E-state index contributed by atoms with van der Waals surface area (Å²) in [6.45, 7) is 1.93. The maximum atomic E-state index is 13.5. The monoisotopic (exact) mass is 318 g/mol. The predicted octanol–water partition coefficient (Wildman–Crippen LogP) is 2.59. The third kappa shape index (κ3) is 2.82. The molecular weight excluding hydrogens is 306 g/mol. The van der Waals surface area contributed by atoms with Gasteiger partial charge in [-0.05, 0) is 30.7 Å². The van der Waals surface area contributed by atoms with Crippen molar-refractivity contribution >= 4 is 27.0 Å². The molecule has 0 fully saturated rings. The fourth-order valence-corrected chi connectivity index (χ4v) is 4.15. The van der Waals surface area contributed by atoms with E-state index in [4.69, 9.17) is 5.73 Å². The van der Waals surface area contributed by atoms with Crippen LogP contribution in [0, 0.1) is 18.6 Å². The highest BCUT2D eigenvalue weighted by Crippen LogP contribution is 2.28. The van der Waals surface area contributed by atoms with Crippen molar-refractivity contribution in [3.8, 4) is 0 Å². The van der Waals surface area contributed by atoms with Crippen LogP contribution in [0.1, 0.15) is 10.4 Å². The van der Waals surface area contributed by atoms with Crippen LogP contribution >= 0.6 is 11.3 Å². The summed E-state index contributed by atoms with van der Waals surface area (Å²) in [6.07, 6.45) is 0. The Labute approximate surface area is 119 Å². The molecule has 0 saturated heterocycles. The van der Waals surface area contributed by atoms with Gasteiger partial charge in [0, 0.05) is 11.4 Å². The molecule has 0 radical (unpaired) electrons. The van der Waals surface area contributed by atoms with Gasteiger partial charge in [0.05, 0.1) is 0 Å². The Kier molecular flexibility index (Phi) is 4.07. The first-order valence-electron chi connectivity index (χ1n) is 5.61. The van der Waals surface area contributed by atoms with E-state index in [0.717, 1.165) is 35.1 Å². The Morgan fingerprint density at radius 2 is 1.90 bits per heavy atom. The fraction of sp³-hybridized carbons (Fsp3) is 0.167. The number of benzene rings is 1. The van der Waals surface area contributed by atoms with Gasteiger partial charge in [0.15, 0.2) is 0 Å². The van der Waals surface area contributed by atoms with E-state index < -0.39 is 27.3 Å². The van der Waals surface area contributed by atoms with Crippen LogP contribution in [0.5, 0.6) is 0 Å². The quantitative estimate of drug-likeness (QED) is 0.910. The van der Waals surface area contributed by atoms with Crippen molar-refractivity contribution in [3.63, 3.8) is 0 Å². The minimum absolute atomic E-state index is 0.0295. The number of hydrogen-bond donors (Lipinski definition) is 2. The number of halogens is 2. The highest BCUT2D eigenvalue weighted by atomic mass is 32.2. The number of aryl methyl sites for hydroxylation is 1. The zero-order valence-corrected chi connectivity index (χ0v) is 12.1. The number of rotatable bonds is 4. The summed E-state index contributed by atoms with van der Waals surface area (Å²) < 4.78 is 53.1. The Morgan fingerprint density at radius 3 is 2.40 bits per heavy atom. The number of nitrogens with one attached hydrogen (secondary N) is 1. The Balaban J connectivity index is 2.41. The van der Waals surface area contributed by atoms with Gasteiger partial charge in [-0.3, -0.25) is 4.72 Å². The summed E-state index contributed by atoms with van der Waals surface area (Å²) in [5, 5.41) is 0. The molecule has 1 heterocycles. The van der Waals surface area contributed by atoms with Gasteiger partial charge in [0.1, 0.15) is 21.5 Å². The summed E-state index contributed by atoms with van der Waals surface area (Å²) in [7, 11) is -4.04. The molecular formula is C12H12F2N2O2S2. The van der Waals surface area contributed by atoms with Crippen molar-refractivity contribution in [2.45, 2.75) is 17.7 Å². The Bertz CT molecular complexity index is 722. The number of thiophene rings is 1. The zero-order valence-electron chi connectivity index (χ0n) is 10.5. The lowest BCUT2D eigenvalue weighted by Gasteiger charge is -2.08. The summed E-state index contributed by atoms with van der Waals surface area (Å²) in [6, 6.07) is 4.54. The lowest BCUT2D eigenvalue weighted by molar-refractivity contribution is 0.583. The van der Waals surface area contributed by atoms with Crippen LogP contribution in [-0.2, 0) is 16.6 Å². The lowest BCUT2D eigenvalue weighted by Crippen LogP contribution is -2.14. The van der Waals surface area contributed by atoms with Crippen LogP contribution in [0.15, 0.2) is 28.5 Å². The van der Waals surface area contributed by atoms with Crippen molar-refractivity contribution in [1.82, 2.24) is 0 Å². The van der Waals surface area contributed by atoms with E-state index >= 15 is 0 Å². The molecule has 0 bridgehead atoms. The van der Waals surface area contributed by atoms with Gasteiger partial charge in [0.2, 0.25) is 0 Å². The number of anilines is 1. The maximum absolute atomic E-state index is 13.5. The van der Waals surface area contributed by atoms with Crippen molar-refractivity contribution in [2.75, 3.05) is 4.72 Å². The predicted molar refractivity (Wildman–Crippen MR) is 74.1 cm³/mol. The summed E-state index contributed by atoms with van der Waals surface area (Å²) in [4.78, 5) is 0.708. The van der Waals surface area contributed by atoms with Crippen LogP contribution in [0.3, 0.4) is 0 Å². The number of para-hydroxylation sites is 1. The molecule has 0 amide bonds. The van der Waals surface area contributed by atoms with E-state index in [1.807, 2.05) is 4.72 Å². The van der Waals surface area contributed by atoms with Crippen LogP contribution in [0.25, 0.3) is 0 Å². The first-order valence-corrected chi connectivity index (χ1v) is 7.91. The van der Waals surface area contributed by atoms with E-state index in [1.165, 1.54) is 6.07 Å². The van der Waals surface area contributed by atoms with Crippen LogP contribution in [0.4, 0.5) is 14.5 Å². The van der Waals surface area contributed by atoms with Gasteiger partial charge in [0.25, 0.3) is 10.0 Å². The van der Waals surface area contributed by atoms with Gasteiger partial charge < -0.3 is 5.73 Å². The highest BCUT2D eigenvalue weighted by molar-refractivity contribution is 7.94. The number of sulfonamides is 1. The van der Waals surface area contributed by atoms with Gasteiger partial charge in [-0.2, -0.15) is 0 Å². The Morgan fingerprint density at radius 1 is 1.30 bits per heavy atom. The average molecular weight is 318 g/mol. The summed E-state index contributed by atoms with van der Waals surface area (Å²) >= 11 is 0.977. The van der Waals surface area contributed by atoms with E-state index in [1.54, 1.807) is 6.92 Å². The standard InChI is InChI=1S/C12H12F2N2O2S2/c1-7-5-11(19-10(7)6-15)20(17,18)16-12-8(13)3-2-4-9(12)14/h2-5,16H,6,15H2,1H3. The zero-order chi connectivity index (χ0) is 14.9. The molecule has 0 unspecified atom stereocenters. The fourth-order valence-electron chi connectivity index (χ4n) is 1.60. The summed E-state index contributed by atoms with van der Waals surface area (Å²) in [5.41, 5.74) is 5.52. The van der Waals surface area contributed by atoms with Crippen LogP contribution in [0.2, 0.25) is 0 Å². The van der Waals surface area contributed by atoms with Crippen LogP contribution < -0.4 is 10.5 Å². The van der Waals surface area contributed by atoms with Gasteiger partial charge in [-0.1, -0.05) is 6.07 Å². The van der Waals surface area contributed by atoms with E-state index in [9.17, 15) is 17.2 Å². The molecule has 8 heteroatoms. The van der Waals surface area contributed by atoms with E-state index in [2.05, 4.69) is 0 Å². The highest BCUT2D eigenvalue weighted by Gasteiger charge is 2.22. The molecule has 0 aliphatic heterocycles. The number of nitrogens with two attached hydrogens (primary N) is 1. The molecule has 0 aliphatic carbocycles. The van der Waals surface area contributed by atoms with Crippen molar-refractivity contribution < 1.29 is 17.2 Å². The number of hydrogen-bond acceptors (Lipinski definition) is 4. The third-order valence-electron chi connectivity index (χ3n) is 2.65. The molecule has 0 spiro atoms. The maximum Gasteiger partial charge on any atom is 0.271 e. The Hall–Kier alpha value is -1.51. The lowest BCUT2D eigenvalue weighted by atomic mass is 10.3. The largest absolute Gasteiger partial charge is 0.326 e. The molecule has 4 nitrogen and oxygen atoms in total.